The average molecular weight is 929 g/mol. The Morgan fingerprint density at radius 1 is 0.576 bits per heavy atom. The van der Waals surface area contributed by atoms with Gasteiger partial charge < -0.3 is 64.2 Å². The molecule has 0 unspecified atom stereocenters. The molecule has 66 heavy (non-hydrogen) atoms. The van der Waals surface area contributed by atoms with Crippen molar-refractivity contribution in [3.63, 3.8) is 0 Å². The molecule has 0 radical (unpaired) electrons. The molecule has 366 valence electrons. The number of hydrogen-bond donors (Lipinski definition) is 11. The van der Waals surface area contributed by atoms with Gasteiger partial charge in [0.1, 0.15) is 48.0 Å². The number of carbonyl (C=O) groups is 10. The average Bonchev–Trinajstić information content (AvgIpc) is 3.76. The van der Waals surface area contributed by atoms with Gasteiger partial charge in [-0.2, -0.15) is 0 Å². The molecule has 22 nitrogen and oxygen atoms in total. The molecule has 0 bridgehead atoms. The molecule has 10 amide bonds. The Bertz CT molecular complexity index is 1860. The number of carbonyl (C=O) groups excluding carboxylic acids is 10. The number of phenols is 1. The van der Waals surface area contributed by atoms with Crippen LogP contribution < -0.4 is 49.1 Å². The van der Waals surface area contributed by atoms with Crippen molar-refractivity contribution in [3.8, 4) is 5.75 Å². The molecule has 0 spiro atoms. The van der Waals surface area contributed by atoms with E-state index in [9.17, 15) is 58.2 Å². The molecule has 3 rings (SSSR count). The molecule has 14 N–H and O–H groups in total. The summed E-state index contributed by atoms with van der Waals surface area (Å²) in [5.74, 6) is -9.87. The van der Waals surface area contributed by atoms with E-state index in [-0.39, 0.29) is 44.4 Å². The highest BCUT2D eigenvalue weighted by Crippen LogP contribution is 2.21. The molecule has 0 aromatic heterocycles. The number of aromatic hydroxyl groups is 1. The van der Waals surface area contributed by atoms with E-state index < -0.39 is 127 Å². The number of amides is 10. The zero-order valence-corrected chi connectivity index (χ0v) is 37.6. The Balaban J connectivity index is 2.08. The molecule has 2 aliphatic rings. The summed E-state index contributed by atoms with van der Waals surface area (Å²) >= 11 is 0. The summed E-state index contributed by atoms with van der Waals surface area (Å²) in [5, 5.41) is 35.0. The predicted octanol–water partition coefficient (Wildman–Crippen LogP) is -1.83. The number of rotatable bonds is 21. The highest BCUT2D eigenvalue weighted by Gasteiger charge is 2.41. The van der Waals surface area contributed by atoms with Crippen molar-refractivity contribution >= 4 is 59.1 Å². The lowest BCUT2D eigenvalue weighted by atomic mass is 10.0. The second kappa shape index (κ2) is 27.9. The first-order chi connectivity index (χ1) is 31.4. The van der Waals surface area contributed by atoms with E-state index in [1.54, 1.807) is 0 Å². The number of nitrogens with one attached hydrogen (secondary N) is 6. The number of fused-ring (bicyclic) bond motifs is 1. The van der Waals surface area contributed by atoms with Crippen molar-refractivity contribution in [2.75, 3.05) is 13.2 Å². The van der Waals surface area contributed by atoms with Crippen LogP contribution in [-0.4, -0.2) is 130 Å². The van der Waals surface area contributed by atoms with Crippen molar-refractivity contribution in [3.05, 3.63) is 29.8 Å². The van der Waals surface area contributed by atoms with Gasteiger partial charge in [0.2, 0.25) is 59.1 Å². The number of nitrogens with zero attached hydrogens (tertiary/aromatic N) is 1. The van der Waals surface area contributed by atoms with Crippen molar-refractivity contribution in [2.45, 2.75) is 165 Å². The topological polar surface area (TPSA) is 365 Å². The van der Waals surface area contributed by atoms with E-state index in [1.165, 1.54) is 37.1 Å². The van der Waals surface area contributed by atoms with E-state index >= 15 is 0 Å². The maximum Gasteiger partial charge on any atom is 0.245 e. The van der Waals surface area contributed by atoms with Crippen LogP contribution in [0, 0.1) is 0 Å². The van der Waals surface area contributed by atoms with Crippen LogP contribution in [0.1, 0.15) is 122 Å². The van der Waals surface area contributed by atoms with E-state index in [2.05, 4.69) is 38.8 Å². The van der Waals surface area contributed by atoms with Gasteiger partial charge in [0, 0.05) is 19.4 Å². The third-order valence-corrected chi connectivity index (χ3v) is 11.5. The molecule has 0 saturated carbocycles. The van der Waals surface area contributed by atoms with E-state index in [1.807, 2.05) is 0 Å². The minimum atomic E-state index is -1.75. The van der Waals surface area contributed by atoms with Gasteiger partial charge in [0.05, 0.1) is 19.4 Å². The number of primary amides is 3. The largest absolute Gasteiger partial charge is 0.508 e. The van der Waals surface area contributed by atoms with Gasteiger partial charge in [-0.05, 0) is 43.4 Å². The summed E-state index contributed by atoms with van der Waals surface area (Å²) < 4.78 is 0. The van der Waals surface area contributed by atoms with Crippen LogP contribution >= 0.6 is 0 Å². The van der Waals surface area contributed by atoms with Crippen LogP contribution in [0.4, 0.5) is 0 Å². The van der Waals surface area contributed by atoms with Gasteiger partial charge in [0.15, 0.2) is 0 Å². The first-order valence-corrected chi connectivity index (χ1v) is 22.8. The molecule has 7 atom stereocenters. The third-order valence-electron chi connectivity index (χ3n) is 11.5. The maximum absolute atomic E-state index is 14.2. The number of phenolic OH excluding ortho intramolecular Hbond substituents is 1. The smallest absolute Gasteiger partial charge is 0.245 e. The van der Waals surface area contributed by atoms with Crippen LogP contribution in [0.2, 0.25) is 0 Å². The summed E-state index contributed by atoms with van der Waals surface area (Å²) in [6.07, 6.45) is 7.45. The molecule has 22 heteroatoms. The van der Waals surface area contributed by atoms with Crippen LogP contribution in [0.3, 0.4) is 0 Å². The van der Waals surface area contributed by atoms with Crippen LogP contribution in [0.15, 0.2) is 24.3 Å². The molecule has 2 aliphatic heterocycles. The molecule has 2 heterocycles. The lowest BCUT2D eigenvalue weighted by molar-refractivity contribution is -0.143. The highest BCUT2D eigenvalue weighted by atomic mass is 16.3. The Morgan fingerprint density at radius 2 is 1.03 bits per heavy atom. The van der Waals surface area contributed by atoms with Gasteiger partial charge in [-0.1, -0.05) is 83.3 Å². The zero-order chi connectivity index (χ0) is 48.8. The van der Waals surface area contributed by atoms with Crippen LogP contribution in [0.25, 0.3) is 0 Å². The number of nitrogens with two attached hydrogens (primary N) is 3. The minimum absolute atomic E-state index is 0.0281. The maximum atomic E-state index is 14.2. The molecular formula is C44H68N10O12. The van der Waals surface area contributed by atoms with Crippen molar-refractivity contribution < 1.29 is 58.2 Å². The fourth-order valence-electron chi connectivity index (χ4n) is 7.87. The Kier molecular flexibility index (Phi) is 22.8. The summed E-state index contributed by atoms with van der Waals surface area (Å²) in [6, 6.07) is -5.23. The lowest BCUT2D eigenvalue weighted by Gasteiger charge is -2.30. The van der Waals surface area contributed by atoms with Crippen LogP contribution in [-0.2, 0) is 54.4 Å². The molecule has 0 aliphatic carbocycles. The molecule has 2 saturated heterocycles. The van der Waals surface area contributed by atoms with Gasteiger partial charge in [-0.15, -0.1) is 0 Å². The second-order valence-electron chi connectivity index (χ2n) is 16.9. The second-order valence-corrected chi connectivity index (χ2v) is 16.9. The summed E-state index contributed by atoms with van der Waals surface area (Å²) in [7, 11) is 0. The molecule has 2 fully saturated rings. The number of benzene rings is 1. The molecule has 1 aromatic carbocycles. The predicted molar refractivity (Wildman–Crippen MR) is 238 cm³/mol. The monoisotopic (exact) mass is 929 g/mol. The number of unbranched alkanes of at least 4 members (excludes halogenated alkanes) is 9. The van der Waals surface area contributed by atoms with Gasteiger partial charge >= 0.3 is 0 Å². The summed E-state index contributed by atoms with van der Waals surface area (Å²) in [6.45, 7) is 1.13. The first-order valence-electron chi connectivity index (χ1n) is 22.8. The first kappa shape index (κ1) is 54.0. The van der Waals surface area contributed by atoms with Crippen LogP contribution in [0.5, 0.6) is 5.75 Å². The van der Waals surface area contributed by atoms with Gasteiger partial charge in [-0.25, -0.2) is 0 Å². The van der Waals surface area contributed by atoms with E-state index in [4.69, 9.17) is 17.2 Å². The molecule has 1 aromatic rings. The minimum Gasteiger partial charge on any atom is -0.508 e. The van der Waals surface area contributed by atoms with Crippen molar-refractivity contribution in [1.29, 1.82) is 0 Å². The third kappa shape index (κ3) is 18.3. The quantitative estimate of drug-likeness (QED) is 0.0607. The number of aliphatic hydroxyl groups is 1. The van der Waals surface area contributed by atoms with Crippen molar-refractivity contribution in [1.82, 2.24) is 36.8 Å². The fraction of sp³-hybridized carbons (Fsp3) is 0.636. The Morgan fingerprint density at radius 3 is 1.58 bits per heavy atom. The zero-order valence-electron chi connectivity index (χ0n) is 37.6. The fourth-order valence-corrected chi connectivity index (χ4v) is 7.87. The standard InChI is InChI=1S/C44H68N10O12/c1-2-3-4-5-6-7-8-9-10-11-13-28-38(60)50-30(22-26-15-17-27(56)18-16-26)39(61)51-31(23-36(46)58)40(62)49-29(19-20-35(45)57)44(66)54-21-12-14-34(54)43(65)52-32(24-37(47)59)41(63)53-33(25-55)42(64)48-28/h15-18,28-34,55-56H,2-14,19-25H2,1H3,(H2,45,57)(H2,46,58)(H2,47,59)(H,48,64)(H,49,62)(H,50,60)(H,51,61)(H,52,65)(H,53,63)/t28-,29-,30+,31+,32+,33-,34-/m0/s1. The lowest BCUT2D eigenvalue weighted by Crippen LogP contribution is -2.60. The Labute approximate surface area is 384 Å². The number of aliphatic hydroxyl groups excluding tert-OH is 1. The molecular weight excluding hydrogens is 861 g/mol. The van der Waals surface area contributed by atoms with E-state index in [0.29, 0.717) is 18.4 Å². The van der Waals surface area contributed by atoms with E-state index in [0.717, 1.165) is 43.4 Å². The SMILES string of the molecule is CCCCCCCCCCCC[C@@H]1NC(=O)[C@H](CO)NC(=O)[C@@H](CC(N)=O)NC(=O)[C@@H]2CCCN2C(=O)[C@H](CCC(N)=O)NC(=O)[C@@H](CC(N)=O)NC(=O)[C@@H](Cc2ccc(O)cc2)NC1=O. The normalized spacial score (nSPS) is 23.8. The summed E-state index contributed by atoms with van der Waals surface area (Å²) in [4.78, 5) is 135. The Hall–Kier alpha value is -6.32. The highest BCUT2D eigenvalue weighted by molar-refractivity contribution is 6.00. The number of hydrogen-bond acceptors (Lipinski definition) is 12. The van der Waals surface area contributed by atoms with Crippen molar-refractivity contribution in [2.24, 2.45) is 17.2 Å². The van der Waals surface area contributed by atoms with Gasteiger partial charge in [0.25, 0.3) is 0 Å². The summed E-state index contributed by atoms with van der Waals surface area (Å²) in [5.41, 5.74) is 16.7. The van der Waals surface area contributed by atoms with Gasteiger partial charge in [-0.3, -0.25) is 47.9 Å².